The molecule has 0 unspecified atom stereocenters. The van der Waals surface area contributed by atoms with Crippen LogP contribution in [0.5, 0.6) is 0 Å². The number of halogens is 1. The van der Waals surface area contributed by atoms with Crippen LogP contribution in [-0.4, -0.2) is 19.1 Å². The van der Waals surface area contributed by atoms with Gasteiger partial charge in [0.1, 0.15) is 0 Å². The van der Waals surface area contributed by atoms with Crippen molar-refractivity contribution in [2.24, 2.45) is 5.92 Å². The van der Waals surface area contributed by atoms with Crippen LogP contribution in [-0.2, 0) is 6.54 Å². The van der Waals surface area contributed by atoms with Gasteiger partial charge in [0.2, 0.25) is 0 Å². The van der Waals surface area contributed by atoms with Crippen LogP contribution in [0.15, 0.2) is 22.7 Å². The van der Waals surface area contributed by atoms with Gasteiger partial charge < -0.3 is 10.2 Å². The number of piperidine rings is 1. The molecular weight excluding hydrogens is 300 g/mol. The molecule has 1 saturated carbocycles. The fourth-order valence-electron chi connectivity index (χ4n) is 2.77. The lowest BCUT2D eigenvalue weighted by atomic mass is 9.98. The second-order valence-corrected chi connectivity index (χ2v) is 7.01. The summed E-state index contributed by atoms with van der Waals surface area (Å²) in [6.07, 6.45) is 5.35. The van der Waals surface area contributed by atoms with Crippen LogP contribution < -0.4 is 10.2 Å². The molecule has 1 heterocycles. The molecule has 3 rings (SSSR count). The van der Waals surface area contributed by atoms with Crippen molar-refractivity contribution in [3.63, 3.8) is 0 Å². The maximum atomic E-state index is 3.64. The van der Waals surface area contributed by atoms with Crippen molar-refractivity contribution in [2.75, 3.05) is 18.0 Å². The topological polar surface area (TPSA) is 15.3 Å². The molecule has 1 aliphatic carbocycles. The van der Waals surface area contributed by atoms with Gasteiger partial charge in [-0.3, -0.25) is 0 Å². The van der Waals surface area contributed by atoms with Crippen molar-refractivity contribution in [3.8, 4) is 0 Å². The molecule has 2 nitrogen and oxygen atoms in total. The highest BCUT2D eigenvalue weighted by Gasteiger charge is 2.22. The van der Waals surface area contributed by atoms with E-state index in [0.29, 0.717) is 0 Å². The van der Waals surface area contributed by atoms with Gasteiger partial charge >= 0.3 is 0 Å². The first-order valence-corrected chi connectivity index (χ1v) is 8.28. The van der Waals surface area contributed by atoms with E-state index < -0.39 is 0 Å². The lowest BCUT2D eigenvalue weighted by Gasteiger charge is -2.33. The SMILES string of the molecule is CC1CCN(c2cc(Br)ccc2CNC2CC2)CC1. The van der Waals surface area contributed by atoms with E-state index in [1.807, 2.05) is 0 Å². The van der Waals surface area contributed by atoms with Crippen molar-refractivity contribution in [1.29, 1.82) is 0 Å². The van der Waals surface area contributed by atoms with Gasteiger partial charge in [-0.2, -0.15) is 0 Å². The van der Waals surface area contributed by atoms with E-state index in [2.05, 4.69) is 51.3 Å². The third-order valence-electron chi connectivity index (χ3n) is 4.33. The Morgan fingerprint density at radius 3 is 2.63 bits per heavy atom. The zero-order valence-electron chi connectivity index (χ0n) is 11.7. The van der Waals surface area contributed by atoms with E-state index in [1.54, 1.807) is 0 Å². The van der Waals surface area contributed by atoms with Gasteiger partial charge in [-0.25, -0.2) is 0 Å². The third kappa shape index (κ3) is 3.51. The van der Waals surface area contributed by atoms with Crippen LogP contribution in [0.4, 0.5) is 5.69 Å². The van der Waals surface area contributed by atoms with Gasteiger partial charge in [0.25, 0.3) is 0 Å². The summed E-state index contributed by atoms with van der Waals surface area (Å²) in [6.45, 7) is 5.79. The molecule has 0 atom stereocenters. The predicted octanol–water partition coefficient (Wildman–Crippen LogP) is 3.94. The number of hydrogen-bond donors (Lipinski definition) is 1. The lowest BCUT2D eigenvalue weighted by Crippen LogP contribution is -2.34. The summed E-state index contributed by atoms with van der Waals surface area (Å²) in [4.78, 5) is 2.56. The molecule has 1 aliphatic heterocycles. The largest absolute Gasteiger partial charge is 0.371 e. The molecule has 1 aromatic rings. The smallest absolute Gasteiger partial charge is 0.0423 e. The van der Waals surface area contributed by atoms with Crippen LogP contribution in [0.2, 0.25) is 0 Å². The maximum Gasteiger partial charge on any atom is 0.0423 e. The van der Waals surface area contributed by atoms with E-state index in [0.717, 1.165) is 18.5 Å². The van der Waals surface area contributed by atoms with Crippen LogP contribution in [0.25, 0.3) is 0 Å². The summed E-state index contributed by atoms with van der Waals surface area (Å²) in [5.41, 5.74) is 2.87. The standard InChI is InChI=1S/C16H23BrN2/c1-12-6-8-19(9-7-12)16-10-14(17)3-2-13(16)11-18-15-4-5-15/h2-3,10,12,15,18H,4-9,11H2,1H3. The van der Waals surface area contributed by atoms with Crippen molar-refractivity contribution < 1.29 is 0 Å². The molecule has 3 heteroatoms. The summed E-state index contributed by atoms with van der Waals surface area (Å²) >= 11 is 3.62. The lowest BCUT2D eigenvalue weighted by molar-refractivity contribution is 0.437. The molecular formula is C16H23BrN2. The Hall–Kier alpha value is -0.540. The van der Waals surface area contributed by atoms with E-state index in [9.17, 15) is 0 Å². The minimum Gasteiger partial charge on any atom is -0.371 e. The number of nitrogens with one attached hydrogen (secondary N) is 1. The molecule has 2 aliphatic rings. The predicted molar refractivity (Wildman–Crippen MR) is 84.6 cm³/mol. The minimum atomic E-state index is 0.776. The number of nitrogens with zero attached hydrogens (tertiary/aromatic N) is 1. The van der Waals surface area contributed by atoms with E-state index >= 15 is 0 Å². The highest BCUT2D eigenvalue weighted by Crippen LogP contribution is 2.30. The fraction of sp³-hybridized carbons (Fsp3) is 0.625. The van der Waals surface area contributed by atoms with E-state index in [1.165, 1.54) is 54.5 Å². The fourth-order valence-corrected chi connectivity index (χ4v) is 3.12. The highest BCUT2D eigenvalue weighted by atomic mass is 79.9. The molecule has 1 saturated heterocycles. The Morgan fingerprint density at radius 1 is 1.21 bits per heavy atom. The molecule has 0 amide bonds. The summed E-state index contributed by atoms with van der Waals surface area (Å²) in [7, 11) is 0. The molecule has 1 N–H and O–H groups in total. The normalized spacial score (nSPS) is 20.8. The van der Waals surface area contributed by atoms with Crippen molar-refractivity contribution in [2.45, 2.75) is 45.2 Å². The summed E-state index contributed by atoms with van der Waals surface area (Å²) in [6, 6.07) is 7.50. The first-order valence-electron chi connectivity index (χ1n) is 7.49. The molecule has 0 spiro atoms. The minimum absolute atomic E-state index is 0.776. The van der Waals surface area contributed by atoms with Crippen molar-refractivity contribution >= 4 is 21.6 Å². The van der Waals surface area contributed by atoms with Gasteiger partial charge in [0.15, 0.2) is 0 Å². The molecule has 1 aromatic carbocycles. The zero-order chi connectivity index (χ0) is 13.2. The number of rotatable bonds is 4. The Labute approximate surface area is 124 Å². The van der Waals surface area contributed by atoms with Crippen molar-refractivity contribution in [3.05, 3.63) is 28.2 Å². The maximum absolute atomic E-state index is 3.64. The molecule has 19 heavy (non-hydrogen) atoms. The second kappa shape index (κ2) is 5.84. The van der Waals surface area contributed by atoms with E-state index in [-0.39, 0.29) is 0 Å². The van der Waals surface area contributed by atoms with E-state index in [4.69, 9.17) is 0 Å². The average Bonchev–Trinajstić information content (AvgIpc) is 3.22. The quantitative estimate of drug-likeness (QED) is 0.903. The van der Waals surface area contributed by atoms with Crippen LogP contribution in [0, 0.1) is 5.92 Å². The zero-order valence-corrected chi connectivity index (χ0v) is 13.2. The first-order chi connectivity index (χ1) is 9.22. The highest BCUT2D eigenvalue weighted by molar-refractivity contribution is 9.10. The number of anilines is 1. The van der Waals surface area contributed by atoms with Gasteiger partial charge in [-0.1, -0.05) is 28.9 Å². The van der Waals surface area contributed by atoms with Crippen molar-refractivity contribution in [1.82, 2.24) is 5.32 Å². The summed E-state index contributed by atoms with van der Waals surface area (Å²) < 4.78 is 1.19. The van der Waals surface area contributed by atoms with Gasteiger partial charge in [-0.15, -0.1) is 0 Å². The summed E-state index contributed by atoms with van der Waals surface area (Å²) in [5.74, 6) is 0.886. The average molecular weight is 323 g/mol. The van der Waals surface area contributed by atoms with Gasteiger partial charge in [-0.05, 0) is 49.3 Å². The molecule has 0 aromatic heterocycles. The summed E-state index contributed by atoms with van der Waals surface area (Å²) in [5, 5.41) is 3.64. The number of hydrogen-bond acceptors (Lipinski definition) is 2. The Bertz CT molecular complexity index is 434. The molecule has 2 fully saturated rings. The van der Waals surface area contributed by atoms with Gasteiger partial charge in [0, 0.05) is 35.8 Å². The Kier molecular flexibility index (Phi) is 4.13. The first kappa shape index (κ1) is 13.4. The Balaban J connectivity index is 1.74. The molecule has 104 valence electrons. The van der Waals surface area contributed by atoms with Crippen LogP contribution in [0.3, 0.4) is 0 Å². The molecule has 0 bridgehead atoms. The number of benzene rings is 1. The monoisotopic (exact) mass is 322 g/mol. The third-order valence-corrected chi connectivity index (χ3v) is 4.82. The molecule has 0 radical (unpaired) electrons. The van der Waals surface area contributed by atoms with Gasteiger partial charge in [0.05, 0.1) is 0 Å². The Morgan fingerprint density at radius 2 is 1.95 bits per heavy atom. The van der Waals surface area contributed by atoms with Crippen LogP contribution in [0.1, 0.15) is 38.2 Å². The second-order valence-electron chi connectivity index (χ2n) is 6.10. The van der Waals surface area contributed by atoms with Crippen LogP contribution >= 0.6 is 15.9 Å².